The molecule has 3 aromatic rings. The molecule has 0 spiro atoms. The Labute approximate surface area is 197 Å². The van der Waals surface area contributed by atoms with Crippen molar-refractivity contribution in [2.45, 2.75) is 19.6 Å². The van der Waals surface area contributed by atoms with Gasteiger partial charge in [0.2, 0.25) is 0 Å². The Morgan fingerprint density at radius 3 is 2.40 bits per heavy atom. The van der Waals surface area contributed by atoms with Crippen LogP contribution in [-0.2, 0) is 12.7 Å². The summed E-state index contributed by atoms with van der Waals surface area (Å²) in [4.78, 5) is 4.37. The van der Waals surface area contributed by atoms with Crippen molar-refractivity contribution >= 4 is 0 Å². The second-order valence-corrected chi connectivity index (χ2v) is 8.16. The van der Waals surface area contributed by atoms with Crippen LogP contribution in [0, 0.1) is 18.6 Å². The summed E-state index contributed by atoms with van der Waals surface area (Å²) in [6.45, 7) is 1.90. The molecule has 2 aliphatic rings. The minimum atomic E-state index is -4.51. The van der Waals surface area contributed by atoms with Crippen LogP contribution < -0.4 is 0 Å². The van der Waals surface area contributed by atoms with Crippen molar-refractivity contribution in [1.29, 1.82) is 0 Å². The van der Waals surface area contributed by atoms with Gasteiger partial charge < -0.3 is 4.57 Å². The molecule has 176 valence electrons. The predicted octanol–water partition coefficient (Wildman–Crippen LogP) is 6.77. The topological polar surface area (TPSA) is 43.6 Å². The van der Waals surface area contributed by atoms with Crippen LogP contribution in [0.15, 0.2) is 73.1 Å². The molecular weight excluding hydrogens is 463 g/mol. The van der Waals surface area contributed by atoms with Gasteiger partial charge in [-0.15, -0.1) is 0 Å². The number of fused-ring (bicyclic) bond motifs is 1. The zero-order valence-electron chi connectivity index (χ0n) is 18.3. The lowest BCUT2D eigenvalue weighted by Gasteiger charge is -2.13. The summed E-state index contributed by atoms with van der Waals surface area (Å²) in [7, 11) is 0. The van der Waals surface area contributed by atoms with Gasteiger partial charge in [-0.1, -0.05) is 23.8 Å². The molecule has 0 aliphatic carbocycles. The summed E-state index contributed by atoms with van der Waals surface area (Å²) in [5, 5.41) is 8.13. The maximum atomic E-state index is 14.1. The van der Waals surface area contributed by atoms with Gasteiger partial charge in [0.1, 0.15) is 0 Å². The Balaban J connectivity index is 1.41. The SMILES string of the molecule is Cc1ccc(-c2ccc(Cn3ccc4nc(-c5cccc(F)c5F)cc-4c3)nn2)c(C(F)(F)F)c1. The molecule has 0 saturated carbocycles. The lowest BCUT2D eigenvalue weighted by molar-refractivity contribution is -0.137. The standard InChI is InChI=1S/C26H17F5N4/c1-15-5-7-18(20(11-15)26(29,30)31)23-8-6-17(33-34-23)14-35-10-9-22-16(13-35)12-24(32-22)19-3-2-4-21(27)25(19)28/h2-13H,14H2,1H3. The highest BCUT2D eigenvalue weighted by Crippen LogP contribution is 2.37. The summed E-state index contributed by atoms with van der Waals surface area (Å²) in [6.07, 6.45) is -0.980. The molecule has 0 saturated heterocycles. The predicted molar refractivity (Wildman–Crippen MR) is 121 cm³/mol. The maximum absolute atomic E-state index is 14.1. The van der Waals surface area contributed by atoms with Gasteiger partial charge in [-0.3, -0.25) is 0 Å². The van der Waals surface area contributed by atoms with E-state index in [1.54, 1.807) is 48.1 Å². The highest BCUT2D eigenvalue weighted by molar-refractivity contribution is 5.73. The summed E-state index contributed by atoms with van der Waals surface area (Å²) in [5.41, 5.74) is 2.09. The molecule has 0 bridgehead atoms. The number of alkyl halides is 3. The molecule has 9 heteroatoms. The summed E-state index contributed by atoms with van der Waals surface area (Å²) in [6, 6.07) is 14.5. The van der Waals surface area contributed by atoms with Crippen molar-refractivity contribution in [3.8, 4) is 33.8 Å². The highest BCUT2D eigenvalue weighted by atomic mass is 19.4. The second kappa shape index (κ2) is 8.57. The van der Waals surface area contributed by atoms with Gasteiger partial charge in [0.25, 0.3) is 0 Å². The Hall–Kier alpha value is -4.14. The number of benzene rings is 2. The van der Waals surface area contributed by atoms with Gasteiger partial charge in [-0.25, -0.2) is 13.8 Å². The van der Waals surface area contributed by atoms with Crippen LogP contribution in [0.3, 0.4) is 0 Å². The lowest BCUT2D eigenvalue weighted by Crippen LogP contribution is -2.09. The first-order valence-electron chi connectivity index (χ1n) is 10.6. The van der Waals surface area contributed by atoms with E-state index < -0.39 is 23.4 Å². The quantitative estimate of drug-likeness (QED) is 0.267. The first-order chi connectivity index (χ1) is 16.7. The Kier molecular flexibility index (Phi) is 5.55. The van der Waals surface area contributed by atoms with E-state index in [-0.39, 0.29) is 16.8 Å². The van der Waals surface area contributed by atoms with E-state index in [1.165, 1.54) is 24.3 Å². The van der Waals surface area contributed by atoms with Gasteiger partial charge in [0.15, 0.2) is 11.6 Å². The van der Waals surface area contributed by atoms with Crippen LogP contribution in [0.2, 0.25) is 0 Å². The minimum absolute atomic E-state index is 0.0313. The molecule has 0 unspecified atom stereocenters. The van der Waals surface area contributed by atoms with Crippen molar-refractivity contribution in [3.63, 3.8) is 0 Å². The third kappa shape index (κ3) is 4.49. The minimum Gasteiger partial charge on any atom is -0.348 e. The first-order valence-corrected chi connectivity index (χ1v) is 10.6. The zero-order chi connectivity index (χ0) is 24.7. The van der Waals surface area contributed by atoms with Crippen LogP contribution in [0.5, 0.6) is 0 Å². The van der Waals surface area contributed by atoms with Crippen LogP contribution in [0.1, 0.15) is 16.8 Å². The third-order valence-corrected chi connectivity index (χ3v) is 5.61. The summed E-state index contributed by atoms with van der Waals surface area (Å²) >= 11 is 0. The normalized spacial score (nSPS) is 11.8. The highest BCUT2D eigenvalue weighted by Gasteiger charge is 2.34. The zero-order valence-corrected chi connectivity index (χ0v) is 18.3. The fourth-order valence-corrected chi connectivity index (χ4v) is 3.90. The molecule has 35 heavy (non-hydrogen) atoms. The Morgan fingerprint density at radius 1 is 0.829 bits per heavy atom. The van der Waals surface area contributed by atoms with Crippen LogP contribution in [0.4, 0.5) is 22.0 Å². The number of pyridine rings is 1. The van der Waals surface area contributed by atoms with Crippen molar-refractivity contribution in [1.82, 2.24) is 19.7 Å². The van der Waals surface area contributed by atoms with Crippen LogP contribution in [0.25, 0.3) is 33.8 Å². The smallest absolute Gasteiger partial charge is 0.348 e. The fraction of sp³-hybridized carbons (Fsp3) is 0.115. The van der Waals surface area contributed by atoms with Gasteiger partial charge >= 0.3 is 6.18 Å². The van der Waals surface area contributed by atoms with Crippen LogP contribution in [-0.4, -0.2) is 19.7 Å². The molecule has 2 aliphatic heterocycles. The summed E-state index contributed by atoms with van der Waals surface area (Å²) in [5.74, 6) is -1.90. The fourth-order valence-electron chi connectivity index (χ4n) is 3.90. The Morgan fingerprint density at radius 2 is 1.66 bits per heavy atom. The molecule has 0 atom stereocenters. The molecular formula is C26H17F5N4. The van der Waals surface area contributed by atoms with Crippen molar-refractivity contribution in [3.05, 3.63) is 102 Å². The maximum Gasteiger partial charge on any atom is 0.417 e. The van der Waals surface area contributed by atoms with Gasteiger partial charge in [-0.2, -0.15) is 23.4 Å². The number of halogens is 5. The van der Waals surface area contributed by atoms with Crippen LogP contribution >= 0.6 is 0 Å². The average Bonchev–Trinajstić information content (AvgIpc) is 3.24. The molecule has 0 amide bonds. The van der Waals surface area contributed by atoms with Crippen molar-refractivity contribution in [2.75, 3.05) is 0 Å². The van der Waals surface area contributed by atoms with Gasteiger partial charge in [0.05, 0.1) is 34.9 Å². The molecule has 4 nitrogen and oxygen atoms in total. The van der Waals surface area contributed by atoms with E-state index in [0.717, 1.165) is 12.1 Å². The number of nitrogens with zero attached hydrogens (tertiary/aromatic N) is 4. The van der Waals surface area contributed by atoms with E-state index >= 15 is 0 Å². The molecule has 2 aromatic carbocycles. The first kappa shape index (κ1) is 22.6. The van der Waals surface area contributed by atoms with E-state index in [2.05, 4.69) is 15.2 Å². The molecule has 3 heterocycles. The largest absolute Gasteiger partial charge is 0.417 e. The second-order valence-electron chi connectivity index (χ2n) is 8.16. The van der Waals surface area contributed by atoms with E-state index in [4.69, 9.17) is 0 Å². The van der Waals surface area contributed by atoms with Gasteiger partial charge in [0, 0.05) is 29.1 Å². The van der Waals surface area contributed by atoms with E-state index in [0.29, 0.717) is 34.8 Å². The molecule has 0 N–H and O–H groups in total. The molecule has 0 radical (unpaired) electrons. The Bertz CT molecular complexity index is 1490. The van der Waals surface area contributed by atoms with Crippen molar-refractivity contribution in [2.24, 2.45) is 0 Å². The molecule has 5 rings (SSSR count). The third-order valence-electron chi connectivity index (χ3n) is 5.61. The van der Waals surface area contributed by atoms with Crippen molar-refractivity contribution < 1.29 is 22.0 Å². The summed E-state index contributed by atoms with van der Waals surface area (Å²) < 4.78 is 69.9. The number of hydrogen-bond donors (Lipinski definition) is 0. The number of hydrogen-bond acceptors (Lipinski definition) is 3. The number of aromatic nitrogens is 4. The molecule has 1 aromatic heterocycles. The van der Waals surface area contributed by atoms with Gasteiger partial charge in [-0.05, 0) is 49.4 Å². The lowest BCUT2D eigenvalue weighted by atomic mass is 10.0. The van der Waals surface area contributed by atoms with E-state index in [9.17, 15) is 22.0 Å². The monoisotopic (exact) mass is 480 g/mol. The molecule has 0 fully saturated rings. The van der Waals surface area contributed by atoms with E-state index in [1.807, 2.05) is 0 Å². The number of rotatable bonds is 4. The number of aryl methyl sites for hydroxylation is 1. The average molecular weight is 480 g/mol.